The predicted molar refractivity (Wildman–Crippen MR) is 69.8 cm³/mol. The molecule has 3 rings (SSSR count). The number of rotatable bonds is 3. The first-order valence-electron chi connectivity index (χ1n) is 6.37. The zero-order valence-electron chi connectivity index (χ0n) is 10.6. The van der Waals surface area contributed by atoms with Crippen LogP contribution in [0.4, 0.5) is 5.69 Å². The number of benzene rings is 1. The van der Waals surface area contributed by atoms with E-state index in [1.165, 1.54) is 22.5 Å². The van der Waals surface area contributed by atoms with Crippen molar-refractivity contribution in [1.82, 2.24) is 4.31 Å². The average molecular weight is 298 g/mol. The third-order valence-corrected chi connectivity index (χ3v) is 5.50. The molecular formula is C12H14N2O5S. The summed E-state index contributed by atoms with van der Waals surface area (Å²) in [7, 11) is -3.70. The first kappa shape index (κ1) is 13.5. The summed E-state index contributed by atoms with van der Waals surface area (Å²) in [4.78, 5) is 10.1. The summed E-state index contributed by atoms with van der Waals surface area (Å²) in [5, 5.41) is 10.7. The molecule has 2 saturated heterocycles. The Morgan fingerprint density at radius 1 is 1.25 bits per heavy atom. The molecule has 1 aromatic carbocycles. The Kier molecular flexibility index (Phi) is 3.23. The topological polar surface area (TPSA) is 89.8 Å². The van der Waals surface area contributed by atoms with Crippen molar-refractivity contribution in [2.24, 2.45) is 0 Å². The Bertz CT molecular complexity index is 633. The van der Waals surface area contributed by atoms with Gasteiger partial charge in [-0.25, -0.2) is 8.42 Å². The number of nitro benzene ring substituents is 1. The Balaban J connectivity index is 1.92. The molecular weight excluding hydrogens is 284 g/mol. The largest absolute Gasteiger partial charge is 0.372 e. The lowest BCUT2D eigenvalue weighted by Gasteiger charge is -2.31. The smallest absolute Gasteiger partial charge is 0.270 e. The number of hydrogen-bond acceptors (Lipinski definition) is 5. The highest BCUT2D eigenvalue weighted by Crippen LogP contribution is 2.30. The van der Waals surface area contributed by atoms with Crippen molar-refractivity contribution >= 4 is 15.7 Å². The number of sulfonamides is 1. The number of morpholine rings is 1. The van der Waals surface area contributed by atoms with Crippen molar-refractivity contribution < 1.29 is 18.1 Å². The normalized spacial score (nSPS) is 26.6. The van der Waals surface area contributed by atoms with E-state index in [4.69, 9.17) is 4.74 Å². The SMILES string of the molecule is O=[N+]([O-])c1cccc(S(=O)(=O)N2CC3CCC(C2)O3)c1. The van der Waals surface area contributed by atoms with Crippen LogP contribution in [-0.4, -0.2) is 42.9 Å². The van der Waals surface area contributed by atoms with E-state index in [1.54, 1.807) is 0 Å². The van der Waals surface area contributed by atoms with E-state index < -0.39 is 14.9 Å². The average Bonchev–Trinajstić information content (AvgIpc) is 2.77. The quantitative estimate of drug-likeness (QED) is 0.616. The number of hydrogen-bond donors (Lipinski definition) is 0. The summed E-state index contributed by atoms with van der Waals surface area (Å²) in [5.41, 5.74) is -0.220. The monoisotopic (exact) mass is 298 g/mol. The first-order valence-corrected chi connectivity index (χ1v) is 7.81. The fourth-order valence-electron chi connectivity index (χ4n) is 2.68. The minimum absolute atomic E-state index is 0.0343. The van der Waals surface area contributed by atoms with Gasteiger partial charge in [-0.3, -0.25) is 10.1 Å². The number of nitrogens with zero attached hydrogens (tertiary/aromatic N) is 2. The van der Waals surface area contributed by atoms with Gasteiger partial charge in [0.15, 0.2) is 0 Å². The number of non-ortho nitro benzene ring substituents is 1. The molecule has 2 aliphatic heterocycles. The van der Waals surface area contributed by atoms with Crippen LogP contribution in [0.25, 0.3) is 0 Å². The lowest BCUT2D eigenvalue weighted by molar-refractivity contribution is -0.385. The molecule has 1 aromatic rings. The molecule has 20 heavy (non-hydrogen) atoms. The standard InChI is InChI=1S/C12H14N2O5S/c15-14(16)9-2-1-3-12(6-9)20(17,18)13-7-10-4-5-11(8-13)19-10/h1-3,6,10-11H,4-5,7-8H2. The van der Waals surface area contributed by atoms with Crippen LogP contribution in [-0.2, 0) is 14.8 Å². The molecule has 7 nitrogen and oxygen atoms in total. The van der Waals surface area contributed by atoms with Crippen LogP contribution in [0.5, 0.6) is 0 Å². The van der Waals surface area contributed by atoms with E-state index in [1.807, 2.05) is 0 Å². The van der Waals surface area contributed by atoms with E-state index in [-0.39, 0.29) is 22.8 Å². The van der Waals surface area contributed by atoms with Crippen LogP contribution in [0.15, 0.2) is 29.2 Å². The van der Waals surface area contributed by atoms with Crippen LogP contribution in [0.1, 0.15) is 12.8 Å². The summed E-state index contributed by atoms with van der Waals surface area (Å²) < 4.78 is 32.0. The van der Waals surface area contributed by atoms with Gasteiger partial charge in [-0.2, -0.15) is 4.31 Å². The van der Waals surface area contributed by atoms with Gasteiger partial charge >= 0.3 is 0 Å². The van der Waals surface area contributed by atoms with Crippen molar-refractivity contribution in [2.45, 2.75) is 29.9 Å². The van der Waals surface area contributed by atoms with Gasteiger partial charge in [0.2, 0.25) is 10.0 Å². The predicted octanol–water partition coefficient (Wildman–Crippen LogP) is 1.15. The van der Waals surface area contributed by atoms with Gasteiger partial charge in [0.25, 0.3) is 5.69 Å². The Morgan fingerprint density at radius 2 is 1.90 bits per heavy atom. The highest BCUT2D eigenvalue weighted by Gasteiger charge is 2.39. The molecule has 0 radical (unpaired) electrons. The first-order chi connectivity index (χ1) is 9.46. The molecule has 8 heteroatoms. The second-order valence-electron chi connectivity index (χ2n) is 5.03. The second-order valence-corrected chi connectivity index (χ2v) is 6.97. The van der Waals surface area contributed by atoms with E-state index in [9.17, 15) is 18.5 Å². The van der Waals surface area contributed by atoms with Crippen LogP contribution in [0.3, 0.4) is 0 Å². The van der Waals surface area contributed by atoms with Crippen LogP contribution < -0.4 is 0 Å². The van der Waals surface area contributed by atoms with Gasteiger partial charge in [-0.1, -0.05) is 6.07 Å². The fourth-order valence-corrected chi connectivity index (χ4v) is 4.22. The van der Waals surface area contributed by atoms with E-state index >= 15 is 0 Å². The Morgan fingerprint density at radius 3 is 2.50 bits per heavy atom. The molecule has 2 bridgehead atoms. The molecule has 0 N–H and O–H groups in total. The maximum absolute atomic E-state index is 12.5. The van der Waals surface area contributed by atoms with E-state index in [0.717, 1.165) is 18.9 Å². The molecule has 2 fully saturated rings. The third kappa shape index (κ3) is 2.30. The van der Waals surface area contributed by atoms with Crippen molar-refractivity contribution in [1.29, 1.82) is 0 Å². The van der Waals surface area contributed by atoms with Gasteiger partial charge in [0.1, 0.15) is 0 Å². The van der Waals surface area contributed by atoms with Gasteiger partial charge in [0, 0.05) is 25.2 Å². The Hall–Kier alpha value is -1.51. The molecule has 2 unspecified atom stereocenters. The summed E-state index contributed by atoms with van der Waals surface area (Å²) in [6.07, 6.45) is 1.63. The summed E-state index contributed by atoms with van der Waals surface area (Å²) in [6.45, 7) is 0.642. The third-order valence-electron chi connectivity index (χ3n) is 3.68. The molecule has 0 saturated carbocycles. The number of ether oxygens (including phenoxy) is 1. The van der Waals surface area contributed by atoms with Crippen LogP contribution in [0, 0.1) is 10.1 Å². The molecule has 2 heterocycles. The molecule has 2 aliphatic rings. The summed E-state index contributed by atoms with van der Waals surface area (Å²) in [6, 6.07) is 5.16. The molecule has 0 amide bonds. The maximum Gasteiger partial charge on any atom is 0.270 e. The highest BCUT2D eigenvalue weighted by atomic mass is 32.2. The van der Waals surface area contributed by atoms with Crippen molar-refractivity contribution in [2.75, 3.05) is 13.1 Å². The lowest BCUT2D eigenvalue weighted by atomic mass is 10.2. The fraction of sp³-hybridized carbons (Fsp3) is 0.500. The Labute approximate surface area is 116 Å². The number of nitro groups is 1. The highest BCUT2D eigenvalue weighted by molar-refractivity contribution is 7.89. The summed E-state index contributed by atoms with van der Waals surface area (Å²) >= 11 is 0. The zero-order chi connectivity index (χ0) is 14.3. The zero-order valence-corrected chi connectivity index (χ0v) is 11.5. The van der Waals surface area contributed by atoms with Gasteiger partial charge in [-0.15, -0.1) is 0 Å². The minimum atomic E-state index is -3.70. The minimum Gasteiger partial charge on any atom is -0.372 e. The molecule has 0 aromatic heterocycles. The van der Waals surface area contributed by atoms with Crippen molar-refractivity contribution in [3.8, 4) is 0 Å². The summed E-state index contributed by atoms with van der Waals surface area (Å²) in [5.74, 6) is 0. The molecule has 0 spiro atoms. The van der Waals surface area contributed by atoms with Gasteiger partial charge < -0.3 is 4.74 Å². The molecule has 2 atom stereocenters. The van der Waals surface area contributed by atoms with Gasteiger partial charge in [-0.05, 0) is 18.9 Å². The lowest BCUT2D eigenvalue weighted by Crippen LogP contribution is -2.45. The maximum atomic E-state index is 12.5. The van der Waals surface area contributed by atoms with Crippen molar-refractivity contribution in [3.05, 3.63) is 34.4 Å². The second kappa shape index (κ2) is 4.80. The van der Waals surface area contributed by atoms with Crippen molar-refractivity contribution in [3.63, 3.8) is 0 Å². The molecule has 108 valence electrons. The van der Waals surface area contributed by atoms with Crippen LogP contribution >= 0.6 is 0 Å². The van der Waals surface area contributed by atoms with Crippen LogP contribution in [0.2, 0.25) is 0 Å². The van der Waals surface area contributed by atoms with E-state index in [0.29, 0.717) is 13.1 Å². The van der Waals surface area contributed by atoms with Gasteiger partial charge in [0.05, 0.1) is 22.0 Å². The number of fused-ring (bicyclic) bond motifs is 2. The van der Waals surface area contributed by atoms with E-state index in [2.05, 4.69) is 0 Å². The molecule has 0 aliphatic carbocycles.